The van der Waals surface area contributed by atoms with Crippen molar-refractivity contribution in [3.05, 3.63) is 23.8 Å². The Kier molecular flexibility index (Phi) is 4.66. The normalized spacial score (nSPS) is 11.8. The fraction of sp³-hybridized carbons (Fsp3) is 0.143. The molecule has 0 aliphatic heterocycles. The lowest BCUT2D eigenvalue weighted by Crippen LogP contribution is -1.91. The van der Waals surface area contributed by atoms with Gasteiger partial charge in [0.1, 0.15) is 9.86 Å². The van der Waals surface area contributed by atoms with Crippen molar-refractivity contribution >= 4 is 40.7 Å². The average molecular weight is 302 g/mol. The van der Waals surface area contributed by atoms with Gasteiger partial charge in [-0.2, -0.15) is 0 Å². The van der Waals surface area contributed by atoms with Gasteiger partial charge in [0.25, 0.3) is 0 Å². The summed E-state index contributed by atoms with van der Waals surface area (Å²) in [5.41, 5.74) is 6.43. The monoisotopic (exact) mass is 301 g/mol. The van der Waals surface area contributed by atoms with Gasteiger partial charge in [-0.3, -0.25) is 0 Å². The summed E-state index contributed by atoms with van der Waals surface area (Å²) in [5.74, 6) is 0.0705. The van der Waals surface area contributed by atoms with Crippen LogP contribution in [0.5, 0.6) is 5.75 Å². The van der Waals surface area contributed by atoms with Crippen LogP contribution in [0.4, 0.5) is 5.69 Å². The van der Waals surface area contributed by atoms with Crippen LogP contribution >= 0.6 is 35.0 Å². The average Bonchev–Trinajstić information content (AvgIpc) is 1.94. The molecule has 1 unspecified atom stereocenters. The molecule has 1 atom stereocenters. The molecule has 0 saturated carbocycles. The number of aromatic hydroxyl groups is 1. The largest absolute Gasteiger partial charge is 0.508 e. The molecule has 1 rings (SSSR count). The number of phenolic OH excluding ortho intramolecular Hbond substituents is 1. The highest BCUT2D eigenvalue weighted by molar-refractivity contribution is 14.1. The maximum Gasteiger partial charge on any atom is 0.134 e. The van der Waals surface area contributed by atoms with Crippen molar-refractivity contribution < 1.29 is 10.2 Å². The molecule has 5 heteroatoms. The standard InChI is InChI=1S/C7H8INO2.ClH/c8-7(11)5-3-4(9)1-2-6(5)10;/h1-3,7,10-11H,9H2;1H. The second-order valence-corrected chi connectivity index (χ2v) is 3.33. The fourth-order valence-electron chi connectivity index (χ4n) is 0.764. The zero-order valence-corrected chi connectivity index (χ0v) is 9.04. The number of anilines is 1. The minimum atomic E-state index is -0.712. The first-order valence-corrected chi connectivity index (χ1v) is 4.26. The molecule has 1 aromatic rings. The summed E-state index contributed by atoms with van der Waals surface area (Å²) in [6, 6.07) is 4.59. The summed E-state index contributed by atoms with van der Waals surface area (Å²) >= 11 is 1.79. The van der Waals surface area contributed by atoms with Crippen molar-refractivity contribution in [2.24, 2.45) is 0 Å². The lowest BCUT2D eigenvalue weighted by atomic mass is 10.2. The Morgan fingerprint density at radius 3 is 2.42 bits per heavy atom. The highest BCUT2D eigenvalue weighted by Crippen LogP contribution is 2.29. The van der Waals surface area contributed by atoms with Gasteiger partial charge in [-0.05, 0) is 40.8 Å². The van der Waals surface area contributed by atoms with Crippen LogP contribution in [0.1, 0.15) is 9.67 Å². The zero-order chi connectivity index (χ0) is 8.43. The van der Waals surface area contributed by atoms with Crippen molar-refractivity contribution in [2.75, 3.05) is 5.73 Å². The number of hydrogen-bond acceptors (Lipinski definition) is 3. The van der Waals surface area contributed by atoms with Crippen LogP contribution in [0.25, 0.3) is 0 Å². The smallest absolute Gasteiger partial charge is 0.134 e. The summed E-state index contributed by atoms with van der Waals surface area (Å²) in [6.07, 6.45) is 0. The minimum Gasteiger partial charge on any atom is -0.508 e. The van der Waals surface area contributed by atoms with Gasteiger partial charge in [0, 0.05) is 11.3 Å². The van der Waals surface area contributed by atoms with E-state index in [0.29, 0.717) is 11.3 Å². The molecule has 0 aromatic heterocycles. The van der Waals surface area contributed by atoms with Crippen LogP contribution in [-0.2, 0) is 0 Å². The SMILES string of the molecule is Cl.Nc1ccc(O)c(C(O)I)c1. The third-order valence-corrected chi connectivity index (χ3v) is 1.98. The van der Waals surface area contributed by atoms with Gasteiger partial charge in [-0.1, -0.05) is 0 Å². The van der Waals surface area contributed by atoms with Gasteiger partial charge >= 0.3 is 0 Å². The Balaban J connectivity index is 0.00000121. The lowest BCUT2D eigenvalue weighted by molar-refractivity contribution is 0.280. The van der Waals surface area contributed by atoms with E-state index in [1.54, 1.807) is 34.7 Å². The van der Waals surface area contributed by atoms with Gasteiger partial charge in [0.15, 0.2) is 0 Å². The van der Waals surface area contributed by atoms with Crippen molar-refractivity contribution in [1.29, 1.82) is 0 Å². The molecule has 0 aliphatic rings. The van der Waals surface area contributed by atoms with E-state index in [9.17, 15) is 5.11 Å². The Bertz CT molecular complexity index is 268. The number of nitrogens with two attached hydrogens (primary N) is 1. The van der Waals surface area contributed by atoms with E-state index in [1.165, 1.54) is 6.07 Å². The fourth-order valence-corrected chi connectivity index (χ4v) is 1.26. The topological polar surface area (TPSA) is 66.5 Å². The number of benzene rings is 1. The maximum absolute atomic E-state index is 9.19. The highest BCUT2D eigenvalue weighted by Gasteiger charge is 2.07. The minimum absolute atomic E-state index is 0. The molecule has 0 aliphatic carbocycles. The first kappa shape index (κ1) is 11.8. The quantitative estimate of drug-likeness (QED) is 0.321. The molecule has 12 heavy (non-hydrogen) atoms. The molecule has 0 saturated heterocycles. The van der Waals surface area contributed by atoms with E-state index in [-0.39, 0.29) is 18.2 Å². The van der Waals surface area contributed by atoms with Crippen LogP contribution in [0.15, 0.2) is 18.2 Å². The number of nitrogen functional groups attached to an aromatic ring is 1. The molecule has 0 spiro atoms. The van der Waals surface area contributed by atoms with E-state index in [0.717, 1.165) is 0 Å². The molecule has 0 amide bonds. The number of aliphatic hydroxyl groups excluding tert-OH is 1. The number of rotatable bonds is 1. The summed E-state index contributed by atoms with van der Waals surface area (Å²) in [5, 5.41) is 18.3. The highest BCUT2D eigenvalue weighted by atomic mass is 127. The first-order chi connectivity index (χ1) is 5.11. The molecule has 0 heterocycles. The maximum atomic E-state index is 9.19. The van der Waals surface area contributed by atoms with E-state index in [1.807, 2.05) is 0 Å². The van der Waals surface area contributed by atoms with Crippen molar-refractivity contribution in [3.63, 3.8) is 0 Å². The zero-order valence-electron chi connectivity index (χ0n) is 6.07. The number of aliphatic hydroxyl groups is 1. The Labute approximate surface area is 90.1 Å². The van der Waals surface area contributed by atoms with Gasteiger partial charge in [-0.15, -0.1) is 12.4 Å². The molecular weight excluding hydrogens is 292 g/mol. The number of alkyl halides is 1. The van der Waals surface area contributed by atoms with Crippen LogP contribution in [0, 0.1) is 0 Å². The van der Waals surface area contributed by atoms with Gasteiger partial charge < -0.3 is 15.9 Å². The summed E-state index contributed by atoms with van der Waals surface area (Å²) in [7, 11) is 0. The van der Waals surface area contributed by atoms with E-state index >= 15 is 0 Å². The molecule has 0 bridgehead atoms. The molecule has 68 valence electrons. The molecule has 0 fully saturated rings. The molecular formula is C7H9ClINO2. The van der Waals surface area contributed by atoms with Crippen LogP contribution in [0.2, 0.25) is 0 Å². The lowest BCUT2D eigenvalue weighted by Gasteiger charge is -2.05. The van der Waals surface area contributed by atoms with Crippen molar-refractivity contribution in [1.82, 2.24) is 0 Å². The van der Waals surface area contributed by atoms with Crippen molar-refractivity contribution in [3.8, 4) is 5.75 Å². The summed E-state index contributed by atoms with van der Waals surface area (Å²) < 4.78 is -0.712. The Morgan fingerprint density at radius 1 is 1.42 bits per heavy atom. The van der Waals surface area contributed by atoms with E-state index in [2.05, 4.69) is 0 Å². The Morgan fingerprint density at radius 2 is 2.00 bits per heavy atom. The second-order valence-electron chi connectivity index (χ2n) is 2.15. The molecule has 1 aromatic carbocycles. The van der Waals surface area contributed by atoms with E-state index < -0.39 is 4.11 Å². The molecule has 3 nitrogen and oxygen atoms in total. The predicted molar refractivity (Wildman–Crippen MR) is 58.7 cm³/mol. The van der Waals surface area contributed by atoms with Gasteiger partial charge in [0.05, 0.1) is 0 Å². The van der Waals surface area contributed by atoms with Crippen LogP contribution in [0.3, 0.4) is 0 Å². The van der Waals surface area contributed by atoms with E-state index in [4.69, 9.17) is 10.8 Å². The van der Waals surface area contributed by atoms with Crippen LogP contribution < -0.4 is 5.73 Å². The van der Waals surface area contributed by atoms with Crippen molar-refractivity contribution in [2.45, 2.75) is 4.11 Å². The van der Waals surface area contributed by atoms with Gasteiger partial charge in [0.2, 0.25) is 0 Å². The summed E-state index contributed by atoms with van der Waals surface area (Å²) in [6.45, 7) is 0. The third kappa shape index (κ3) is 2.69. The first-order valence-electron chi connectivity index (χ1n) is 3.02. The summed E-state index contributed by atoms with van der Waals surface area (Å²) in [4.78, 5) is 0. The number of halogens is 2. The number of phenols is 1. The molecule has 0 radical (unpaired) electrons. The predicted octanol–water partition coefficient (Wildman–Crippen LogP) is 1.82. The Hall–Kier alpha value is -0.200. The van der Waals surface area contributed by atoms with Crippen LogP contribution in [-0.4, -0.2) is 10.2 Å². The molecule has 4 N–H and O–H groups in total. The van der Waals surface area contributed by atoms with Gasteiger partial charge in [-0.25, -0.2) is 0 Å². The third-order valence-electron chi connectivity index (χ3n) is 1.31. The second kappa shape index (κ2) is 4.74. The number of hydrogen-bond donors (Lipinski definition) is 3.